The van der Waals surface area contributed by atoms with Gasteiger partial charge in [0.25, 0.3) is 0 Å². The fraction of sp³-hybridized carbons (Fsp3) is 0.400. The molecule has 0 aliphatic carbocycles. The average Bonchev–Trinajstić information content (AvgIpc) is 2.80. The summed E-state index contributed by atoms with van der Waals surface area (Å²) in [4.78, 5) is 55.0. The molecule has 134 valence electrons. The van der Waals surface area contributed by atoms with Gasteiger partial charge in [0.05, 0.1) is 6.04 Å². The number of urea groups is 1. The number of nitrogens with one attached hydrogen (secondary N) is 1. The lowest BCUT2D eigenvalue weighted by Gasteiger charge is -2.37. The molecule has 2 saturated heterocycles. The maximum Gasteiger partial charge on any atom is 0.334 e. The summed E-state index contributed by atoms with van der Waals surface area (Å²) >= 11 is 0. The summed E-state index contributed by atoms with van der Waals surface area (Å²) in [6.07, 6.45) is 3.33. The van der Waals surface area contributed by atoms with Crippen LogP contribution in [0.1, 0.15) is 11.6 Å². The lowest BCUT2D eigenvalue weighted by Crippen LogP contribution is -2.52. The largest absolute Gasteiger partial charge is 0.334 e. The smallest absolute Gasteiger partial charge is 0.331 e. The van der Waals surface area contributed by atoms with Gasteiger partial charge in [0.15, 0.2) is 0 Å². The van der Waals surface area contributed by atoms with Crippen LogP contribution in [0.15, 0.2) is 24.5 Å². The number of hydrogen-bond donors (Lipinski definition) is 1. The second-order valence-electron chi connectivity index (χ2n) is 5.63. The minimum Gasteiger partial charge on any atom is -0.331 e. The van der Waals surface area contributed by atoms with Gasteiger partial charge >= 0.3 is 17.8 Å². The van der Waals surface area contributed by atoms with E-state index in [9.17, 15) is 19.2 Å². The average molecular weight is 368 g/mol. The van der Waals surface area contributed by atoms with Crippen molar-refractivity contribution >= 4 is 36.2 Å². The van der Waals surface area contributed by atoms with Gasteiger partial charge in [-0.1, -0.05) is 6.07 Å². The third kappa shape index (κ3) is 3.47. The van der Waals surface area contributed by atoms with E-state index in [0.29, 0.717) is 29.4 Å². The number of rotatable bonds is 3. The van der Waals surface area contributed by atoms with E-state index >= 15 is 0 Å². The summed E-state index contributed by atoms with van der Waals surface area (Å²) in [7, 11) is 1.22. The van der Waals surface area contributed by atoms with Crippen LogP contribution in [0.25, 0.3) is 0 Å². The van der Waals surface area contributed by atoms with Gasteiger partial charge in [-0.2, -0.15) is 0 Å². The van der Waals surface area contributed by atoms with Crippen LogP contribution in [-0.2, 0) is 14.4 Å². The number of imide groups is 2. The first-order chi connectivity index (χ1) is 11.5. The van der Waals surface area contributed by atoms with Crippen molar-refractivity contribution in [1.29, 1.82) is 0 Å². The highest BCUT2D eigenvalue weighted by Crippen LogP contribution is 2.22. The Morgan fingerprint density at radius 2 is 2.08 bits per heavy atom. The lowest BCUT2D eigenvalue weighted by molar-refractivity contribution is -0.145. The number of pyridine rings is 1. The normalized spacial score (nSPS) is 20.8. The zero-order valence-corrected chi connectivity index (χ0v) is 14.4. The maximum absolute atomic E-state index is 12.6. The van der Waals surface area contributed by atoms with Gasteiger partial charge in [-0.3, -0.25) is 24.3 Å². The van der Waals surface area contributed by atoms with E-state index < -0.39 is 24.4 Å². The highest BCUT2D eigenvalue weighted by atomic mass is 35.5. The summed E-state index contributed by atoms with van der Waals surface area (Å²) in [5.74, 6) is -2.27. The number of carbonyl (C=O) groups excluding carboxylic acids is 4. The molecule has 25 heavy (non-hydrogen) atoms. The fourth-order valence-corrected chi connectivity index (χ4v) is 2.85. The Hall–Kier alpha value is -2.52. The first-order valence-corrected chi connectivity index (χ1v) is 7.54. The van der Waals surface area contributed by atoms with Crippen molar-refractivity contribution in [2.24, 2.45) is 0 Å². The molecule has 1 atom stereocenters. The molecule has 3 heterocycles. The predicted molar refractivity (Wildman–Crippen MR) is 88.7 cm³/mol. The Morgan fingerprint density at radius 3 is 2.68 bits per heavy atom. The molecule has 10 heteroatoms. The molecule has 2 aliphatic rings. The first-order valence-electron chi connectivity index (χ1n) is 7.54. The maximum atomic E-state index is 12.6. The summed E-state index contributed by atoms with van der Waals surface area (Å²) in [5, 5.41) is 3.21. The van der Waals surface area contributed by atoms with E-state index in [0.717, 1.165) is 5.56 Å². The number of aromatic nitrogens is 1. The van der Waals surface area contributed by atoms with E-state index in [2.05, 4.69) is 10.3 Å². The van der Waals surface area contributed by atoms with Crippen molar-refractivity contribution in [3.8, 4) is 0 Å². The summed E-state index contributed by atoms with van der Waals surface area (Å²) < 4.78 is 0. The second-order valence-corrected chi connectivity index (χ2v) is 5.63. The molecule has 0 radical (unpaired) electrons. The fourth-order valence-electron chi connectivity index (χ4n) is 2.85. The Morgan fingerprint density at radius 1 is 1.32 bits per heavy atom. The summed E-state index contributed by atoms with van der Waals surface area (Å²) in [6.45, 7) is 1.17. The van der Waals surface area contributed by atoms with Gasteiger partial charge in [0.1, 0.15) is 6.54 Å². The van der Waals surface area contributed by atoms with Crippen molar-refractivity contribution in [1.82, 2.24) is 25.0 Å². The molecular weight excluding hydrogens is 350 g/mol. The molecule has 9 nitrogen and oxygen atoms in total. The second kappa shape index (κ2) is 7.58. The van der Waals surface area contributed by atoms with Crippen molar-refractivity contribution < 1.29 is 19.2 Å². The van der Waals surface area contributed by atoms with Gasteiger partial charge < -0.3 is 10.2 Å². The van der Waals surface area contributed by atoms with Crippen LogP contribution < -0.4 is 5.32 Å². The minimum atomic E-state index is -0.969. The molecule has 3 rings (SSSR count). The van der Waals surface area contributed by atoms with Crippen LogP contribution in [-0.4, -0.2) is 76.7 Å². The first kappa shape index (κ1) is 18.8. The van der Waals surface area contributed by atoms with Crippen molar-refractivity contribution in [2.45, 2.75) is 6.04 Å². The molecule has 5 amide bonds. The monoisotopic (exact) mass is 367 g/mol. The number of likely N-dealkylation sites (N-methyl/N-ethyl adjacent to an activating group) is 1. The molecule has 1 N–H and O–H groups in total. The van der Waals surface area contributed by atoms with Crippen LogP contribution in [0.5, 0.6) is 0 Å². The van der Waals surface area contributed by atoms with E-state index in [1.54, 1.807) is 23.4 Å². The topological polar surface area (TPSA) is 103 Å². The number of nitrogens with zero attached hydrogens (tertiary/aromatic N) is 4. The molecule has 1 aromatic heterocycles. The summed E-state index contributed by atoms with van der Waals surface area (Å²) in [6, 6.07) is 2.65. The number of amides is 5. The van der Waals surface area contributed by atoms with Gasteiger partial charge in [-0.15, -0.1) is 12.4 Å². The van der Waals surface area contributed by atoms with Crippen LogP contribution in [0, 0.1) is 0 Å². The van der Waals surface area contributed by atoms with Crippen molar-refractivity contribution in [2.75, 3.05) is 33.2 Å². The number of halogens is 1. The molecule has 2 fully saturated rings. The van der Waals surface area contributed by atoms with Gasteiger partial charge in [0.2, 0.25) is 5.91 Å². The van der Waals surface area contributed by atoms with Gasteiger partial charge in [0, 0.05) is 39.1 Å². The van der Waals surface area contributed by atoms with Crippen LogP contribution >= 0.6 is 12.4 Å². The number of hydrogen-bond acceptors (Lipinski definition) is 6. The molecule has 1 unspecified atom stereocenters. The zero-order chi connectivity index (χ0) is 17.3. The molecule has 0 spiro atoms. The van der Waals surface area contributed by atoms with E-state index in [1.807, 2.05) is 6.07 Å². The van der Waals surface area contributed by atoms with Gasteiger partial charge in [-0.05, 0) is 11.6 Å². The van der Waals surface area contributed by atoms with E-state index in [1.165, 1.54) is 7.05 Å². The van der Waals surface area contributed by atoms with E-state index in [4.69, 9.17) is 0 Å². The minimum absolute atomic E-state index is 0. The van der Waals surface area contributed by atoms with Crippen molar-refractivity contribution in [3.63, 3.8) is 0 Å². The molecule has 0 aromatic carbocycles. The number of piperazine rings is 1. The Bertz CT molecular complexity index is 698. The standard InChI is InChI=1S/C15H17N5O4.ClH/c1-18-13(22)14(23)20(15(18)24)9-12(21)19-6-5-17-8-11(19)10-3-2-4-16-7-10;/h2-4,7,11,17H,5-6,8-9H2,1H3;1H. The number of carbonyl (C=O) groups is 4. The highest BCUT2D eigenvalue weighted by Gasteiger charge is 2.44. The Labute approximate surface area is 150 Å². The van der Waals surface area contributed by atoms with Crippen LogP contribution in [0.3, 0.4) is 0 Å². The molecule has 1 aromatic rings. The molecule has 0 bridgehead atoms. The summed E-state index contributed by atoms with van der Waals surface area (Å²) in [5.41, 5.74) is 0.866. The molecule has 2 aliphatic heterocycles. The highest BCUT2D eigenvalue weighted by molar-refractivity contribution is 6.44. The SMILES string of the molecule is CN1C(=O)C(=O)N(CC(=O)N2CCNCC2c2cccnc2)C1=O.Cl. The van der Waals surface area contributed by atoms with E-state index in [-0.39, 0.29) is 24.4 Å². The van der Waals surface area contributed by atoms with Gasteiger partial charge in [-0.25, -0.2) is 9.69 Å². The third-order valence-electron chi connectivity index (χ3n) is 4.18. The van der Waals surface area contributed by atoms with Crippen molar-refractivity contribution in [3.05, 3.63) is 30.1 Å². The Balaban J connectivity index is 0.00000225. The Kier molecular flexibility index (Phi) is 5.70. The quantitative estimate of drug-likeness (QED) is 0.565. The lowest BCUT2D eigenvalue weighted by atomic mass is 10.1. The molecule has 0 saturated carbocycles. The third-order valence-corrected chi connectivity index (χ3v) is 4.18. The van der Waals surface area contributed by atoms with Crippen LogP contribution in [0.2, 0.25) is 0 Å². The zero-order valence-electron chi connectivity index (χ0n) is 13.5. The predicted octanol–water partition coefficient (Wildman–Crippen LogP) is -0.603. The molecular formula is C15H18ClN5O4. The van der Waals surface area contributed by atoms with Crippen LogP contribution in [0.4, 0.5) is 4.79 Å².